The lowest BCUT2D eigenvalue weighted by Gasteiger charge is -2.07. The summed E-state index contributed by atoms with van der Waals surface area (Å²) < 4.78 is 10.3. The Kier molecular flexibility index (Phi) is 5.91. The number of nitrogens with zero attached hydrogens (tertiary/aromatic N) is 3. The highest BCUT2D eigenvalue weighted by atomic mass is 35.5. The fourth-order valence-corrected chi connectivity index (χ4v) is 5.51. The first kappa shape index (κ1) is 22.6. The van der Waals surface area contributed by atoms with Crippen LogP contribution in [-0.2, 0) is 21.6 Å². The average Bonchev–Trinajstić information content (AvgIpc) is 3.25. The molecule has 0 unspecified atom stereocenters. The Bertz CT molecular complexity index is 1460. The van der Waals surface area contributed by atoms with Crippen LogP contribution in [0.3, 0.4) is 0 Å². The van der Waals surface area contributed by atoms with Crippen LogP contribution in [-0.4, -0.2) is 32.3 Å². The standard InChI is InChI=1S/C21H12Cl2N4O5S2/c22-11-4-2-1-3-10(11)9-31-20(30)25-14-12(32-27-15(14)23)5-6-13-24-16-17(33-13)26-18(34-16)21(7-8-21)19(28)29/h1-4H,7-9H2,(H,25,30)(H,28,29). The highest BCUT2D eigenvalue weighted by Crippen LogP contribution is 2.50. The molecule has 0 aliphatic heterocycles. The first-order valence-electron chi connectivity index (χ1n) is 9.71. The minimum absolute atomic E-state index is 0.0229. The number of aromatic nitrogens is 3. The van der Waals surface area contributed by atoms with Gasteiger partial charge in [-0.05, 0) is 30.7 Å². The number of nitrogens with one attached hydrogen (secondary N) is 1. The third-order valence-corrected chi connectivity index (χ3v) is 7.80. The van der Waals surface area contributed by atoms with E-state index in [-0.39, 0.29) is 23.2 Å². The van der Waals surface area contributed by atoms with E-state index in [1.807, 2.05) is 0 Å². The molecule has 34 heavy (non-hydrogen) atoms. The van der Waals surface area contributed by atoms with E-state index in [1.165, 1.54) is 22.7 Å². The summed E-state index contributed by atoms with van der Waals surface area (Å²) in [4.78, 5) is 33.8. The molecular weight excluding hydrogens is 523 g/mol. The number of ether oxygens (including phenoxy) is 1. The topological polar surface area (TPSA) is 127 Å². The summed E-state index contributed by atoms with van der Waals surface area (Å²) in [5.41, 5.74) is -0.157. The number of fused-ring (bicyclic) bond motifs is 1. The first-order valence-corrected chi connectivity index (χ1v) is 12.1. The summed E-state index contributed by atoms with van der Waals surface area (Å²) in [6, 6.07) is 6.98. The number of benzene rings is 1. The molecule has 1 fully saturated rings. The lowest BCUT2D eigenvalue weighted by Crippen LogP contribution is -2.18. The highest BCUT2D eigenvalue weighted by molar-refractivity contribution is 7.26. The van der Waals surface area contributed by atoms with Crippen molar-refractivity contribution in [2.45, 2.75) is 24.9 Å². The zero-order chi connectivity index (χ0) is 23.9. The Hall–Kier alpha value is -3.17. The van der Waals surface area contributed by atoms with E-state index in [1.54, 1.807) is 24.3 Å². The molecule has 172 valence electrons. The normalized spacial score (nSPS) is 13.8. The molecule has 9 nitrogen and oxygen atoms in total. The van der Waals surface area contributed by atoms with Gasteiger partial charge in [0.1, 0.15) is 22.7 Å². The lowest BCUT2D eigenvalue weighted by atomic mass is 10.1. The molecule has 0 spiro atoms. The molecule has 3 aromatic heterocycles. The van der Waals surface area contributed by atoms with Gasteiger partial charge in [-0.15, -0.1) is 0 Å². The van der Waals surface area contributed by atoms with Crippen molar-refractivity contribution in [3.8, 4) is 11.8 Å². The van der Waals surface area contributed by atoms with Crippen LogP contribution in [0.1, 0.15) is 34.2 Å². The predicted octanol–water partition coefficient (Wildman–Crippen LogP) is 5.31. The maximum Gasteiger partial charge on any atom is 0.412 e. The number of anilines is 1. The minimum Gasteiger partial charge on any atom is -0.481 e. The summed E-state index contributed by atoms with van der Waals surface area (Å²) in [7, 11) is 0. The lowest BCUT2D eigenvalue weighted by molar-refractivity contribution is -0.140. The Balaban J connectivity index is 1.29. The van der Waals surface area contributed by atoms with Crippen molar-refractivity contribution in [1.82, 2.24) is 15.1 Å². The predicted molar refractivity (Wildman–Crippen MR) is 127 cm³/mol. The summed E-state index contributed by atoms with van der Waals surface area (Å²) in [5, 5.41) is 16.9. The number of halogens is 2. The second kappa shape index (κ2) is 8.88. The number of hydrogen-bond donors (Lipinski definition) is 2. The molecule has 0 atom stereocenters. The van der Waals surface area contributed by atoms with Crippen molar-refractivity contribution in [3.63, 3.8) is 0 Å². The zero-order valence-corrected chi connectivity index (χ0v) is 20.1. The van der Waals surface area contributed by atoms with Gasteiger partial charge in [-0.25, -0.2) is 14.8 Å². The molecule has 1 saturated carbocycles. The quantitative estimate of drug-likeness (QED) is 0.329. The third kappa shape index (κ3) is 4.33. The van der Waals surface area contributed by atoms with E-state index in [4.69, 9.17) is 32.5 Å². The Morgan fingerprint density at radius 3 is 2.65 bits per heavy atom. The van der Waals surface area contributed by atoms with E-state index < -0.39 is 17.5 Å². The van der Waals surface area contributed by atoms with Crippen LogP contribution in [0.15, 0.2) is 28.8 Å². The van der Waals surface area contributed by atoms with Crippen LogP contribution in [0.5, 0.6) is 0 Å². The van der Waals surface area contributed by atoms with E-state index in [0.717, 1.165) is 0 Å². The maximum atomic E-state index is 12.2. The van der Waals surface area contributed by atoms with Gasteiger partial charge in [-0.1, -0.05) is 69.2 Å². The minimum atomic E-state index is -0.867. The fourth-order valence-electron chi connectivity index (χ4n) is 3.02. The number of hydrogen-bond acceptors (Lipinski definition) is 9. The largest absolute Gasteiger partial charge is 0.481 e. The van der Waals surface area contributed by atoms with Crippen molar-refractivity contribution < 1.29 is 24.0 Å². The van der Waals surface area contributed by atoms with Crippen LogP contribution in [0.25, 0.3) is 9.66 Å². The number of aliphatic carboxylic acids is 1. The van der Waals surface area contributed by atoms with Gasteiger partial charge >= 0.3 is 12.1 Å². The number of carbonyl (C=O) groups excluding carboxylic acids is 1. The zero-order valence-electron chi connectivity index (χ0n) is 16.9. The second-order valence-corrected chi connectivity index (χ2v) is 9.98. The van der Waals surface area contributed by atoms with Crippen molar-refractivity contribution >= 4 is 73.3 Å². The molecular formula is C21H12Cl2N4O5S2. The first-order chi connectivity index (χ1) is 16.4. The number of thiazole rings is 2. The van der Waals surface area contributed by atoms with Gasteiger partial charge in [0.05, 0.1) is 0 Å². The van der Waals surface area contributed by atoms with Crippen LogP contribution in [0.4, 0.5) is 10.5 Å². The molecule has 0 saturated heterocycles. The van der Waals surface area contributed by atoms with Crippen molar-refractivity contribution in [1.29, 1.82) is 0 Å². The van der Waals surface area contributed by atoms with Gasteiger partial charge < -0.3 is 14.4 Å². The number of rotatable bonds is 5. The maximum absolute atomic E-state index is 12.2. The number of amides is 1. The molecule has 2 N–H and O–H groups in total. The van der Waals surface area contributed by atoms with E-state index in [2.05, 4.69) is 32.3 Å². The molecule has 4 aromatic rings. The van der Waals surface area contributed by atoms with Crippen molar-refractivity contribution in [3.05, 3.63) is 55.8 Å². The summed E-state index contributed by atoms with van der Waals surface area (Å²) in [5.74, 6) is 4.73. The number of carboxylic acid groups (broad SMARTS) is 1. The van der Waals surface area contributed by atoms with Gasteiger partial charge in [0.25, 0.3) is 0 Å². The molecule has 1 aliphatic rings. The SMILES string of the molecule is O=C(Nc1c(Cl)noc1C#Cc1nc2sc(C3(C(=O)O)CC3)nc2s1)OCc1ccccc1Cl. The van der Waals surface area contributed by atoms with Crippen LogP contribution < -0.4 is 5.32 Å². The average molecular weight is 535 g/mol. The van der Waals surface area contributed by atoms with E-state index in [9.17, 15) is 14.7 Å². The van der Waals surface area contributed by atoms with E-state index in [0.29, 0.717) is 43.1 Å². The van der Waals surface area contributed by atoms with Crippen LogP contribution >= 0.6 is 45.9 Å². The molecule has 1 amide bonds. The number of carboxylic acids is 1. The Morgan fingerprint density at radius 2 is 1.94 bits per heavy atom. The molecule has 13 heteroatoms. The molecule has 1 aliphatic carbocycles. The second-order valence-electron chi connectivity index (χ2n) is 7.26. The highest BCUT2D eigenvalue weighted by Gasteiger charge is 2.54. The van der Waals surface area contributed by atoms with Crippen molar-refractivity contribution in [2.24, 2.45) is 0 Å². The summed E-state index contributed by atoms with van der Waals surface area (Å²) in [6.45, 7) is -0.0383. The van der Waals surface area contributed by atoms with Gasteiger partial charge in [0.2, 0.25) is 5.76 Å². The third-order valence-electron chi connectivity index (χ3n) is 5.02. The number of carbonyl (C=O) groups is 2. The Morgan fingerprint density at radius 1 is 1.18 bits per heavy atom. The molecule has 1 aromatic carbocycles. The molecule has 0 radical (unpaired) electrons. The van der Waals surface area contributed by atoms with Crippen LogP contribution in [0.2, 0.25) is 10.2 Å². The van der Waals surface area contributed by atoms with Gasteiger partial charge in [0, 0.05) is 10.6 Å². The molecule has 0 bridgehead atoms. The molecule has 5 rings (SSSR count). The van der Waals surface area contributed by atoms with E-state index >= 15 is 0 Å². The van der Waals surface area contributed by atoms with Gasteiger partial charge in [0.15, 0.2) is 19.8 Å². The molecule has 3 heterocycles. The fraction of sp³-hybridized carbons (Fsp3) is 0.190. The van der Waals surface area contributed by atoms with Crippen molar-refractivity contribution in [2.75, 3.05) is 5.32 Å². The van der Waals surface area contributed by atoms with Gasteiger partial charge in [-0.2, -0.15) is 0 Å². The van der Waals surface area contributed by atoms with Gasteiger partial charge in [-0.3, -0.25) is 10.1 Å². The summed E-state index contributed by atoms with van der Waals surface area (Å²) in [6.07, 6.45) is 0.379. The smallest absolute Gasteiger partial charge is 0.412 e. The monoisotopic (exact) mass is 534 g/mol. The Labute approximate surface area is 209 Å². The summed E-state index contributed by atoms with van der Waals surface area (Å²) >= 11 is 14.6. The van der Waals surface area contributed by atoms with Crippen LogP contribution in [0, 0.1) is 11.8 Å².